The Labute approximate surface area is 139 Å². The Hall–Kier alpha value is -2.76. The predicted octanol–water partition coefficient (Wildman–Crippen LogP) is 3.05. The van der Waals surface area contributed by atoms with Crippen LogP contribution in [0.15, 0.2) is 0 Å². The minimum Gasteiger partial charge on any atom is -0.355 e. The van der Waals surface area contributed by atoms with Crippen LogP contribution in [0, 0.1) is 27.7 Å². The standard InChI is InChI=1S/C18H20N2O4/c1-7-13(11(5)21)9(3)19-15(7)17(23)18(24)16-8(2)14(12(6)22)10(4)20-16/h19-20H,1-6H3. The fraction of sp³-hybridized carbons (Fsp3) is 0.333. The van der Waals surface area contributed by atoms with Crippen molar-refractivity contribution in [2.24, 2.45) is 0 Å². The summed E-state index contributed by atoms with van der Waals surface area (Å²) in [5.41, 5.74) is 3.11. The molecule has 0 spiro atoms. The van der Waals surface area contributed by atoms with Crippen molar-refractivity contribution in [1.82, 2.24) is 9.97 Å². The van der Waals surface area contributed by atoms with Crippen molar-refractivity contribution in [3.63, 3.8) is 0 Å². The third-order valence-corrected chi connectivity index (χ3v) is 4.24. The molecule has 2 rings (SSSR count). The van der Waals surface area contributed by atoms with Gasteiger partial charge in [0.15, 0.2) is 11.6 Å². The average Bonchev–Trinajstić information content (AvgIpc) is 2.93. The van der Waals surface area contributed by atoms with Gasteiger partial charge in [-0.3, -0.25) is 19.2 Å². The quantitative estimate of drug-likeness (QED) is 0.651. The van der Waals surface area contributed by atoms with Gasteiger partial charge in [-0.05, 0) is 52.7 Å². The highest BCUT2D eigenvalue weighted by Crippen LogP contribution is 2.23. The highest BCUT2D eigenvalue weighted by Gasteiger charge is 2.29. The number of hydrogen-bond acceptors (Lipinski definition) is 4. The SMILES string of the molecule is CC(=O)c1c(C)[nH]c(C(=O)C(=O)c2[nH]c(C)c(C(C)=O)c2C)c1C. The molecule has 0 bridgehead atoms. The summed E-state index contributed by atoms with van der Waals surface area (Å²) in [6.45, 7) is 9.46. The van der Waals surface area contributed by atoms with Gasteiger partial charge in [0.2, 0.25) is 0 Å². The van der Waals surface area contributed by atoms with Gasteiger partial charge in [0.25, 0.3) is 11.6 Å². The molecule has 2 N–H and O–H groups in total. The predicted molar refractivity (Wildman–Crippen MR) is 89.2 cm³/mol. The number of H-pyrrole nitrogens is 2. The van der Waals surface area contributed by atoms with E-state index in [0.717, 1.165) is 0 Å². The van der Waals surface area contributed by atoms with Gasteiger partial charge >= 0.3 is 0 Å². The number of ketones is 4. The second-order valence-electron chi connectivity index (χ2n) is 6.02. The first kappa shape index (κ1) is 17.6. The van der Waals surface area contributed by atoms with Crippen molar-refractivity contribution in [3.8, 4) is 0 Å². The molecule has 126 valence electrons. The number of carbonyl (C=O) groups is 4. The summed E-state index contributed by atoms with van der Waals surface area (Å²) in [6.07, 6.45) is 0. The number of nitrogens with one attached hydrogen (secondary N) is 2. The third-order valence-electron chi connectivity index (χ3n) is 4.24. The molecule has 2 aromatic heterocycles. The zero-order valence-electron chi connectivity index (χ0n) is 14.6. The van der Waals surface area contributed by atoms with Crippen LogP contribution in [0.3, 0.4) is 0 Å². The van der Waals surface area contributed by atoms with E-state index in [-0.39, 0.29) is 23.0 Å². The van der Waals surface area contributed by atoms with Crippen molar-refractivity contribution >= 4 is 23.1 Å². The van der Waals surface area contributed by atoms with Crippen molar-refractivity contribution < 1.29 is 19.2 Å². The number of Topliss-reactive ketones (excluding diaryl/α,β-unsaturated/α-hetero) is 4. The molecule has 24 heavy (non-hydrogen) atoms. The van der Waals surface area contributed by atoms with Crippen LogP contribution >= 0.6 is 0 Å². The summed E-state index contributed by atoms with van der Waals surface area (Å²) in [4.78, 5) is 54.2. The average molecular weight is 328 g/mol. The number of aromatic nitrogens is 2. The van der Waals surface area contributed by atoms with E-state index in [2.05, 4.69) is 9.97 Å². The summed E-state index contributed by atoms with van der Waals surface area (Å²) in [7, 11) is 0. The first-order valence-electron chi connectivity index (χ1n) is 7.57. The smallest absolute Gasteiger partial charge is 0.251 e. The first-order valence-corrected chi connectivity index (χ1v) is 7.57. The van der Waals surface area contributed by atoms with Gasteiger partial charge in [0, 0.05) is 22.5 Å². The minimum atomic E-state index is -0.734. The molecule has 6 nitrogen and oxygen atoms in total. The molecule has 0 aliphatic carbocycles. The molecule has 2 heterocycles. The molecule has 2 aromatic rings. The molecule has 0 fully saturated rings. The van der Waals surface area contributed by atoms with Gasteiger partial charge in [0.1, 0.15) is 0 Å². The van der Waals surface area contributed by atoms with E-state index in [9.17, 15) is 19.2 Å². The van der Waals surface area contributed by atoms with Crippen molar-refractivity contribution in [3.05, 3.63) is 45.0 Å². The maximum Gasteiger partial charge on any atom is 0.251 e. The highest BCUT2D eigenvalue weighted by atomic mass is 16.2. The van der Waals surface area contributed by atoms with Gasteiger partial charge in [-0.15, -0.1) is 0 Å². The van der Waals surface area contributed by atoms with Gasteiger partial charge in [-0.1, -0.05) is 0 Å². The van der Waals surface area contributed by atoms with Gasteiger partial charge < -0.3 is 9.97 Å². The number of carbonyl (C=O) groups excluding carboxylic acids is 4. The largest absolute Gasteiger partial charge is 0.355 e. The molecule has 0 saturated carbocycles. The normalized spacial score (nSPS) is 10.8. The minimum absolute atomic E-state index is 0.110. The van der Waals surface area contributed by atoms with Crippen LogP contribution in [0.2, 0.25) is 0 Å². The summed E-state index contributed by atoms with van der Waals surface area (Å²) >= 11 is 0. The first-order chi connectivity index (χ1) is 11.1. The third kappa shape index (κ3) is 2.64. The fourth-order valence-corrected chi connectivity index (χ4v) is 3.24. The van der Waals surface area contributed by atoms with Crippen molar-refractivity contribution in [2.45, 2.75) is 41.5 Å². The van der Waals surface area contributed by atoms with E-state index in [1.54, 1.807) is 27.7 Å². The molecule has 0 saturated heterocycles. The summed E-state index contributed by atoms with van der Waals surface area (Å²) < 4.78 is 0. The monoisotopic (exact) mass is 328 g/mol. The van der Waals surface area contributed by atoms with E-state index in [4.69, 9.17) is 0 Å². The summed E-state index contributed by atoms with van der Waals surface area (Å²) in [5, 5.41) is 0. The van der Waals surface area contributed by atoms with Crippen LogP contribution in [0.5, 0.6) is 0 Å². The van der Waals surface area contributed by atoms with Gasteiger partial charge in [0.05, 0.1) is 11.4 Å². The molecule has 0 aromatic carbocycles. The number of aromatic amines is 2. The molecular weight excluding hydrogens is 308 g/mol. The number of aryl methyl sites for hydroxylation is 2. The van der Waals surface area contributed by atoms with Gasteiger partial charge in [-0.25, -0.2) is 0 Å². The molecule has 0 atom stereocenters. The van der Waals surface area contributed by atoms with E-state index in [0.29, 0.717) is 33.6 Å². The Morgan fingerprint density at radius 2 is 0.917 bits per heavy atom. The maximum absolute atomic E-state index is 12.6. The van der Waals surface area contributed by atoms with Crippen LogP contribution in [-0.2, 0) is 0 Å². The van der Waals surface area contributed by atoms with Crippen LogP contribution in [0.25, 0.3) is 0 Å². The van der Waals surface area contributed by atoms with Crippen molar-refractivity contribution in [2.75, 3.05) is 0 Å². The zero-order valence-corrected chi connectivity index (χ0v) is 14.6. The Balaban J connectivity index is 2.51. The molecule has 0 aliphatic heterocycles. The molecule has 6 heteroatoms. The Bertz CT molecular complexity index is 823. The zero-order chi connectivity index (χ0) is 18.3. The molecule has 0 amide bonds. The lowest BCUT2D eigenvalue weighted by Gasteiger charge is -2.01. The van der Waals surface area contributed by atoms with Crippen LogP contribution < -0.4 is 0 Å². The van der Waals surface area contributed by atoms with Crippen LogP contribution in [0.4, 0.5) is 0 Å². The summed E-state index contributed by atoms with van der Waals surface area (Å²) in [5.74, 6) is -1.80. The lowest BCUT2D eigenvalue weighted by Crippen LogP contribution is -2.17. The number of hydrogen-bond donors (Lipinski definition) is 2. The van der Waals surface area contributed by atoms with E-state index in [1.807, 2.05) is 0 Å². The molecule has 0 radical (unpaired) electrons. The summed E-state index contributed by atoms with van der Waals surface area (Å²) in [6, 6.07) is 0. The highest BCUT2D eigenvalue weighted by molar-refractivity contribution is 6.49. The van der Waals surface area contributed by atoms with Crippen LogP contribution in [-0.4, -0.2) is 33.1 Å². The topological polar surface area (TPSA) is 99.9 Å². The van der Waals surface area contributed by atoms with Crippen LogP contribution in [0.1, 0.15) is 78.1 Å². The lowest BCUT2D eigenvalue weighted by molar-refractivity contribution is 0.0811. The van der Waals surface area contributed by atoms with Gasteiger partial charge in [-0.2, -0.15) is 0 Å². The second kappa shape index (κ2) is 6.03. The molecular formula is C18H20N2O4. The maximum atomic E-state index is 12.6. The molecule has 0 aliphatic rings. The lowest BCUT2D eigenvalue weighted by atomic mass is 10.0. The fourth-order valence-electron chi connectivity index (χ4n) is 3.24. The number of rotatable bonds is 5. The second-order valence-corrected chi connectivity index (χ2v) is 6.02. The Morgan fingerprint density at radius 1 is 0.625 bits per heavy atom. The van der Waals surface area contributed by atoms with E-state index in [1.165, 1.54) is 13.8 Å². The Kier molecular flexibility index (Phi) is 4.42. The van der Waals surface area contributed by atoms with E-state index >= 15 is 0 Å². The van der Waals surface area contributed by atoms with Crippen molar-refractivity contribution in [1.29, 1.82) is 0 Å². The van der Waals surface area contributed by atoms with E-state index < -0.39 is 11.6 Å². The molecule has 0 unspecified atom stereocenters. The Morgan fingerprint density at radius 3 is 1.12 bits per heavy atom.